The predicted octanol–water partition coefficient (Wildman–Crippen LogP) is 2.41. The van der Waals surface area contributed by atoms with Gasteiger partial charge in [0.2, 0.25) is 0 Å². The van der Waals surface area contributed by atoms with Crippen molar-refractivity contribution in [2.45, 2.75) is 37.7 Å². The lowest BCUT2D eigenvalue weighted by Gasteiger charge is -2.22. The van der Waals surface area contributed by atoms with Crippen LogP contribution in [-0.4, -0.2) is 42.1 Å². The van der Waals surface area contributed by atoms with Gasteiger partial charge in [-0.05, 0) is 37.1 Å². The SMILES string of the molecule is Cc1ncnc2c1ccn2[C@@H]1C[C@H](C(O)c2ccc(Cl)cc2)[C@@H](O)[C@H]1O. The van der Waals surface area contributed by atoms with Crippen LogP contribution in [0.1, 0.15) is 29.8 Å². The van der Waals surface area contributed by atoms with Crippen molar-refractivity contribution >= 4 is 22.6 Å². The standard InChI is InChI=1S/C19H20ClN3O3/c1-10-13-6-7-23(19(13)22-9-21-10)15-8-14(17(25)18(15)26)16(24)11-2-4-12(20)5-3-11/h2-7,9,14-18,24-26H,8H2,1H3/t14-,15-,16?,17-,18+/m1/s1. The summed E-state index contributed by atoms with van der Waals surface area (Å²) in [5.41, 5.74) is 2.25. The van der Waals surface area contributed by atoms with E-state index in [-0.39, 0.29) is 6.04 Å². The molecule has 0 radical (unpaired) electrons. The molecule has 0 bridgehead atoms. The zero-order valence-corrected chi connectivity index (χ0v) is 15.0. The molecule has 0 saturated heterocycles. The second-order valence-corrected chi connectivity index (χ2v) is 7.30. The Bertz CT molecular complexity index is 927. The maximum absolute atomic E-state index is 10.7. The Balaban J connectivity index is 1.65. The van der Waals surface area contributed by atoms with Gasteiger partial charge in [-0.1, -0.05) is 23.7 Å². The van der Waals surface area contributed by atoms with Crippen LogP contribution in [0.25, 0.3) is 11.0 Å². The maximum atomic E-state index is 10.7. The minimum Gasteiger partial charge on any atom is -0.390 e. The monoisotopic (exact) mass is 373 g/mol. The molecule has 1 aliphatic rings. The van der Waals surface area contributed by atoms with Gasteiger partial charge >= 0.3 is 0 Å². The van der Waals surface area contributed by atoms with Crippen molar-refractivity contribution in [3.63, 3.8) is 0 Å². The van der Waals surface area contributed by atoms with Gasteiger partial charge in [0.15, 0.2) is 0 Å². The smallest absolute Gasteiger partial charge is 0.143 e. The van der Waals surface area contributed by atoms with E-state index in [4.69, 9.17) is 11.6 Å². The zero-order chi connectivity index (χ0) is 18.4. The van der Waals surface area contributed by atoms with Gasteiger partial charge in [0.05, 0.1) is 23.9 Å². The third-order valence-corrected chi connectivity index (χ3v) is 5.63. The molecule has 3 N–H and O–H groups in total. The molecule has 7 heteroatoms. The molecule has 0 aliphatic heterocycles. The van der Waals surface area contributed by atoms with Gasteiger partial charge in [-0.2, -0.15) is 0 Å². The molecule has 0 spiro atoms. The van der Waals surface area contributed by atoms with Crippen LogP contribution in [0.5, 0.6) is 0 Å². The minimum atomic E-state index is -1.04. The molecule has 1 aliphatic carbocycles. The average Bonchev–Trinajstić information content (AvgIpc) is 3.18. The van der Waals surface area contributed by atoms with Crippen LogP contribution >= 0.6 is 11.6 Å². The van der Waals surface area contributed by atoms with E-state index in [9.17, 15) is 15.3 Å². The predicted molar refractivity (Wildman–Crippen MR) is 97.8 cm³/mol. The highest BCUT2D eigenvalue weighted by Crippen LogP contribution is 2.43. The molecule has 0 amide bonds. The fourth-order valence-electron chi connectivity index (χ4n) is 3.90. The third kappa shape index (κ3) is 2.79. The topological polar surface area (TPSA) is 91.4 Å². The van der Waals surface area contributed by atoms with Gasteiger partial charge in [-0.25, -0.2) is 9.97 Å². The van der Waals surface area contributed by atoms with Gasteiger partial charge in [0.25, 0.3) is 0 Å². The van der Waals surface area contributed by atoms with Gasteiger partial charge in [0, 0.05) is 22.5 Å². The second-order valence-electron chi connectivity index (χ2n) is 6.86. The number of benzene rings is 1. The number of aryl methyl sites for hydroxylation is 1. The van der Waals surface area contributed by atoms with E-state index in [0.717, 1.165) is 16.7 Å². The van der Waals surface area contributed by atoms with Crippen LogP contribution in [0.3, 0.4) is 0 Å². The summed E-state index contributed by atoms with van der Waals surface area (Å²) in [6, 6.07) is 8.42. The summed E-state index contributed by atoms with van der Waals surface area (Å²) in [6.45, 7) is 1.90. The maximum Gasteiger partial charge on any atom is 0.143 e. The molecule has 6 nitrogen and oxygen atoms in total. The highest BCUT2D eigenvalue weighted by molar-refractivity contribution is 6.30. The van der Waals surface area contributed by atoms with Crippen LogP contribution in [0.4, 0.5) is 0 Å². The summed E-state index contributed by atoms with van der Waals surface area (Å²) in [6.07, 6.45) is 0.855. The Hall–Kier alpha value is -1.99. The minimum absolute atomic E-state index is 0.372. The lowest BCUT2D eigenvalue weighted by atomic mass is 9.92. The first kappa shape index (κ1) is 17.4. The van der Waals surface area contributed by atoms with Crippen LogP contribution in [0, 0.1) is 12.8 Å². The van der Waals surface area contributed by atoms with E-state index in [2.05, 4.69) is 9.97 Å². The summed E-state index contributed by atoms with van der Waals surface area (Å²) in [5.74, 6) is -0.489. The molecule has 1 unspecified atom stereocenters. The summed E-state index contributed by atoms with van der Waals surface area (Å²) in [5, 5.41) is 33.4. The van der Waals surface area contributed by atoms with Crippen molar-refractivity contribution in [3.8, 4) is 0 Å². The molecule has 26 heavy (non-hydrogen) atoms. The Morgan fingerprint density at radius 2 is 1.85 bits per heavy atom. The van der Waals surface area contributed by atoms with Gasteiger partial charge in [0.1, 0.15) is 18.1 Å². The molecular weight excluding hydrogens is 354 g/mol. The zero-order valence-electron chi connectivity index (χ0n) is 14.2. The van der Waals surface area contributed by atoms with Crippen molar-refractivity contribution in [3.05, 3.63) is 59.1 Å². The summed E-state index contributed by atoms with van der Waals surface area (Å²) in [7, 11) is 0. The molecule has 136 valence electrons. The summed E-state index contributed by atoms with van der Waals surface area (Å²) in [4.78, 5) is 8.51. The van der Waals surface area contributed by atoms with E-state index in [1.165, 1.54) is 6.33 Å². The number of aliphatic hydroxyl groups is 3. The summed E-state index contributed by atoms with van der Waals surface area (Å²) >= 11 is 5.90. The van der Waals surface area contributed by atoms with Crippen molar-refractivity contribution in [1.29, 1.82) is 0 Å². The molecule has 1 aromatic carbocycles. The lowest BCUT2D eigenvalue weighted by Crippen LogP contribution is -2.31. The van der Waals surface area contributed by atoms with Gasteiger partial charge in [-0.15, -0.1) is 0 Å². The van der Waals surface area contributed by atoms with E-state index in [1.807, 2.05) is 23.8 Å². The Morgan fingerprint density at radius 1 is 1.12 bits per heavy atom. The number of hydrogen-bond acceptors (Lipinski definition) is 5. The molecule has 3 aromatic rings. The Labute approximate surface area is 155 Å². The lowest BCUT2D eigenvalue weighted by molar-refractivity contribution is -0.0264. The fraction of sp³-hybridized carbons (Fsp3) is 0.368. The second kappa shape index (κ2) is 6.63. The van der Waals surface area contributed by atoms with Gasteiger partial charge in [-0.3, -0.25) is 0 Å². The van der Waals surface area contributed by atoms with Crippen LogP contribution < -0.4 is 0 Å². The molecule has 2 heterocycles. The van der Waals surface area contributed by atoms with E-state index >= 15 is 0 Å². The highest BCUT2D eigenvalue weighted by Gasteiger charge is 2.46. The summed E-state index contributed by atoms with van der Waals surface area (Å²) < 4.78 is 1.87. The first-order valence-electron chi connectivity index (χ1n) is 8.55. The molecule has 5 atom stereocenters. The Morgan fingerprint density at radius 3 is 2.58 bits per heavy atom. The van der Waals surface area contributed by atoms with Crippen molar-refractivity contribution in [2.24, 2.45) is 5.92 Å². The van der Waals surface area contributed by atoms with E-state index in [0.29, 0.717) is 17.0 Å². The van der Waals surface area contributed by atoms with Crippen molar-refractivity contribution in [1.82, 2.24) is 14.5 Å². The number of hydrogen-bond donors (Lipinski definition) is 3. The van der Waals surface area contributed by atoms with E-state index in [1.54, 1.807) is 24.3 Å². The number of halogens is 1. The Kier molecular flexibility index (Phi) is 4.44. The number of fused-ring (bicyclic) bond motifs is 1. The third-order valence-electron chi connectivity index (χ3n) is 5.38. The largest absolute Gasteiger partial charge is 0.390 e. The average molecular weight is 374 g/mol. The van der Waals surface area contributed by atoms with Crippen LogP contribution in [0.2, 0.25) is 5.02 Å². The van der Waals surface area contributed by atoms with Crippen LogP contribution in [0.15, 0.2) is 42.9 Å². The highest BCUT2D eigenvalue weighted by atomic mass is 35.5. The molecular formula is C19H20ClN3O3. The number of rotatable bonds is 3. The first-order valence-corrected chi connectivity index (χ1v) is 8.93. The number of aliphatic hydroxyl groups excluding tert-OH is 3. The van der Waals surface area contributed by atoms with Gasteiger partial charge < -0.3 is 19.9 Å². The number of aromatic nitrogens is 3. The van der Waals surface area contributed by atoms with Crippen molar-refractivity contribution in [2.75, 3.05) is 0 Å². The van der Waals surface area contributed by atoms with E-state index < -0.39 is 24.2 Å². The van der Waals surface area contributed by atoms with Crippen LogP contribution in [-0.2, 0) is 0 Å². The number of nitrogens with zero attached hydrogens (tertiary/aromatic N) is 3. The normalized spacial score (nSPS) is 27.1. The fourth-order valence-corrected chi connectivity index (χ4v) is 4.03. The first-order chi connectivity index (χ1) is 12.5. The molecule has 2 aromatic heterocycles. The molecule has 4 rings (SSSR count). The van der Waals surface area contributed by atoms with Crippen molar-refractivity contribution < 1.29 is 15.3 Å². The quantitative estimate of drug-likeness (QED) is 0.655. The molecule has 1 fully saturated rings. The molecule has 1 saturated carbocycles.